The van der Waals surface area contributed by atoms with Gasteiger partial charge in [0.05, 0.1) is 11.7 Å². The van der Waals surface area contributed by atoms with Crippen LogP contribution in [0.25, 0.3) is 0 Å². The minimum atomic E-state index is -1.04. The Labute approximate surface area is 80.7 Å². The maximum absolute atomic E-state index is 12.8. The van der Waals surface area contributed by atoms with Crippen molar-refractivity contribution in [1.29, 1.82) is 5.26 Å². The van der Waals surface area contributed by atoms with Crippen LogP contribution in [-0.4, -0.2) is 6.10 Å². The molecule has 74 valence electrons. The topological polar surface area (TPSA) is 33.0 Å². The van der Waals surface area contributed by atoms with Crippen LogP contribution >= 0.6 is 0 Å². The van der Waals surface area contributed by atoms with Crippen LogP contribution in [0.15, 0.2) is 12.1 Å². The Balaban J connectivity index is 3.15. The van der Waals surface area contributed by atoms with Crippen molar-refractivity contribution in [1.82, 2.24) is 0 Å². The molecule has 0 aromatic heterocycles. The SMILES string of the molecule is CC(C)Oc1cc(F)c(F)cc1C#N. The maximum Gasteiger partial charge on any atom is 0.162 e. The van der Waals surface area contributed by atoms with E-state index in [1.54, 1.807) is 19.9 Å². The summed E-state index contributed by atoms with van der Waals surface area (Å²) < 4.78 is 30.6. The van der Waals surface area contributed by atoms with Crippen molar-refractivity contribution < 1.29 is 13.5 Å². The largest absolute Gasteiger partial charge is 0.490 e. The molecule has 0 saturated carbocycles. The molecule has 0 bridgehead atoms. The number of halogens is 2. The summed E-state index contributed by atoms with van der Waals surface area (Å²) in [5.74, 6) is -1.99. The van der Waals surface area contributed by atoms with Gasteiger partial charge in [0.25, 0.3) is 0 Å². The van der Waals surface area contributed by atoms with E-state index in [0.29, 0.717) is 0 Å². The van der Waals surface area contributed by atoms with Gasteiger partial charge in [0.15, 0.2) is 11.6 Å². The van der Waals surface area contributed by atoms with Crippen molar-refractivity contribution in [3.8, 4) is 11.8 Å². The summed E-state index contributed by atoms with van der Waals surface area (Å²) in [6, 6.07) is 3.45. The normalized spacial score (nSPS) is 10.0. The Morgan fingerprint density at radius 3 is 2.36 bits per heavy atom. The van der Waals surface area contributed by atoms with Crippen LogP contribution in [0.4, 0.5) is 8.78 Å². The van der Waals surface area contributed by atoms with E-state index in [9.17, 15) is 8.78 Å². The maximum atomic E-state index is 12.8. The predicted molar refractivity (Wildman–Crippen MR) is 46.8 cm³/mol. The van der Waals surface area contributed by atoms with Gasteiger partial charge in [-0.2, -0.15) is 5.26 Å². The summed E-state index contributed by atoms with van der Waals surface area (Å²) in [6.07, 6.45) is -0.188. The van der Waals surface area contributed by atoms with E-state index in [4.69, 9.17) is 10.00 Å². The molecule has 0 amide bonds. The number of ether oxygens (including phenoxy) is 1. The van der Waals surface area contributed by atoms with Gasteiger partial charge in [-0.15, -0.1) is 0 Å². The molecule has 0 radical (unpaired) electrons. The quantitative estimate of drug-likeness (QED) is 0.730. The lowest BCUT2D eigenvalue weighted by Crippen LogP contribution is -2.07. The molecule has 1 rings (SSSR count). The third-order valence-corrected chi connectivity index (χ3v) is 1.51. The highest BCUT2D eigenvalue weighted by atomic mass is 19.2. The van der Waals surface area contributed by atoms with Crippen LogP contribution in [0.2, 0.25) is 0 Å². The number of nitrogens with zero attached hydrogens (tertiary/aromatic N) is 1. The summed E-state index contributed by atoms with van der Waals surface area (Å²) in [5.41, 5.74) is -0.00222. The van der Waals surface area contributed by atoms with Crippen molar-refractivity contribution in [2.24, 2.45) is 0 Å². The molecule has 1 aromatic carbocycles. The van der Waals surface area contributed by atoms with Gasteiger partial charge >= 0.3 is 0 Å². The molecule has 0 unspecified atom stereocenters. The highest BCUT2D eigenvalue weighted by molar-refractivity contribution is 5.43. The van der Waals surface area contributed by atoms with Crippen molar-refractivity contribution >= 4 is 0 Å². The first-order valence-corrected chi connectivity index (χ1v) is 4.10. The zero-order chi connectivity index (χ0) is 10.7. The van der Waals surface area contributed by atoms with Crippen LogP contribution in [0, 0.1) is 23.0 Å². The monoisotopic (exact) mass is 197 g/mol. The minimum Gasteiger partial charge on any atom is -0.490 e. The number of nitriles is 1. The van der Waals surface area contributed by atoms with Crippen LogP contribution in [-0.2, 0) is 0 Å². The molecule has 0 aliphatic carbocycles. The van der Waals surface area contributed by atoms with Gasteiger partial charge in [0.2, 0.25) is 0 Å². The van der Waals surface area contributed by atoms with Gasteiger partial charge in [-0.3, -0.25) is 0 Å². The van der Waals surface area contributed by atoms with E-state index < -0.39 is 11.6 Å². The highest BCUT2D eigenvalue weighted by Gasteiger charge is 2.11. The molecule has 0 spiro atoms. The molecule has 0 aliphatic rings. The molecular formula is C10H9F2NO. The van der Waals surface area contributed by atoms with E-state index in [-0.39, 0.29) is 17.4 Å². The van der Waals surface area contributed by atoms with Crippen molar-refractivity contribution in [2.45, 2.75) is 20.0 Å². The third kappa shape index (κ3) is 2.19. The summed E-state index contributed by atoms with van der Waals surface area (Å²) in [7, 11) is 0. The first kappa shape index (κ1) is 10.5. The lowest BCUT2D eigenvalue weighted by molar-refractivity contribution is 0.240. The first-order chi connectivity index (χ1) is 6.54. The molecule has 0 fully saturated rings. The summed E-state index contributed by atoms with van der Waals surface area (Å²) in [4.78, 5) is 0. The van der Waals surface area contributed by atoms with Crippen LogP contribution in [0.3, 0.4) is 0 Å². The van der Waals surface area contributed by atoms with Crippen LogP contribution in [0.5, 0.6) is 5.75 Å². The van der Waals surface area contributed by atoms with Crippen LogP contribution in [0.1, 0.15) is 19.4 Å². The van der Waals surface area contributed by atoms with Gasteiger partial charge < -0.3 is 4.74 Å². The van der Waals surface area contributed by atoms with E-state index >= 15 is 0 Å². The van der Waals surface area contributed by atoms with Crippen LogP contribution < -0.4 is 4.74 Å². The van der Waals surface area contributed by atoms with Gasteiger partial charge in [0.1, 0.15) is 11.8 Å². The van der Waals surface area contributed by atoms with Crippen molar-refractivity contribution in [3.05, 3.63) is 29.3 Å². The first-order valence-electron chi connectivity index (χ1n) is 4.10. The molecule has 4 heteroatoms. The lowest BCUT2D eigenvalue weighted by Gasteiger charge is -2.11. The average molecular weight is 197 g/mol. The molecule has 14 heavy (non-hydrogen) atoms. The second-order valence-corrected chi connectivity index (χ2v) is 3.04. The standard InChI is InChI=1S/C10H9F2NO/c1-6(2)14-10-4-9(12)8(11)3-7(10)5-13/h3-4,6H,1-2H3. The second kappa shape index (κ2) is 4.05. The molecule has 1 aromatic rings. The Morgan fingerprint density at radius 2 is 1.86 bits per heavy atom. The average Bonchev–Trinajstić information content (AvgIpc) is 2.10. The smallest absolute Gasteiger partial charge is 0.162 e. The number of hydrogen-bond donors (Lipinski definition) is 0. The predicted octanol–water partition coefficient (Wildman–Crippen LogP) is 2.62. The molecule has 0 N–H and O–H groups in total. The van der Waals surface area contributed by atoms with Crippen molar-refractivity contribution in [3.63, 3.8) is 0 Å². The lowest BCUT2D eigenvalue weighted by atomic mass is 10.2. The summed E-state index contributed by atoms with van der Waals surface area (Å²) in [6.45, 7) is 3.48. The van der Waals surface area contributed by atoms with Gasteiger partial charge in [-0.25, -0.2) is 8.78 Å². The molecule has 0 atom stereocenters. The fraction of sp³-hybridized carbons (Fsp3) is 0.300. The Morgan fingerprint density at radius 1 is 1.29 bits per heavy atom. The number of rotatable bonds is 2. The third-order valence-electron chi connectivity index (χ3n) is 1.51. The van der Waals surface area contributed by atoms with E-state index in [2.05, 4.69) is 0 Å². The molecular weight excluding hydrogens is 188 g/mol. The second-order valence-electron chi connectivity index (χ2n) is 3.04. The van der Waals surface area contributed by atoms with Gasteiger partial charge in [-0.05, 0) is 19.9 Å². The molecule has 0 heterocycles. The molecule has 2 nitrogen and oxygen atoms in total. The molecule has 0 aliphatic heterocycles. The van der Waals surface area contributed by atoms with Gasteiger partial charge in [-0.1, -0.05) is 0 Å². The van der Waals surface area contributed by atoms with E-state index in [1.165, 1.54) is 0 Å². The summed E-state index contributed by atoms with van der Waals surface area (Å²) in [5, 5.41) is 8.63. The minimum absolute atomic E-state index is 0.00222. The van der Waals surface area contributed by atoms with E-state index in [0.717, 1.165) is 12.1 Å². The Hall–Kier alpha value is -1.63. The Bertz CT molecular complexity index is 382. The summed E-state index contributed by atoms with van der Waals surface area (Å²) >= 11 is 0. The zero-order valence-corrected chi connectivity index (χ0v) is 7.84. The molecule has 0 saturated heterocycles. The fourth-order valence-corrected chi connectivity index (χ4v) is 0.967. The van der Waals surface area contributed by atoms with Crippen molar-refractivity contribution in [2.75, 3.05) is 0 Å². The number of hydrogen-bond acceptors (Lipinski definition) is 2. The van der Waals surface area contributed by atoms with E-state index in [1.807, 2.05) is 0 Å². The number of benzene rings is 1. The van der Waals surface area contributed by atoms with Gasteiger partial charge in [0, 0.05) is 6.07 Å². The Kier molecular flexibility index (Phi) is 3.03. The zero-order valence-electron chi connectivity index (χ0n) is 7.84. The highest BCUT2D eigenvalue weighted by Crippen LogP contribution is 2.22. The fourth-order valence-electron chi connectivity index (χ4n) is 0.967.